The molecular weight excluding hydrogens is 454 g/mol. The second kappa shape index (κ2) is 9.60. The second-order valence-electron chi connectivity index (χ2n) is 8.40. The lowest BCUT2D eigenvalue weighted by atomic mass is 10.1. The Balaban J connectivity index is 1.25. The maximum atomic E-state index is 14.0. The Morgan fingerprint density at radius 2 is 2.00 bits per heavy atom. The molecule has 5 rings (SSSR count). The van der Waals surface area contributed by atoms with Crippen LogP contribution in [0, 0.1) is 23.0 Å². The lowest BCUT2D eigenvalue weighted by Crippen LogP contribution is -2.50. The molecule has 1 aliphatic rings. The van der Waals surface area contributed by atoms with Crippen LogP contribution in [0.2, 0.25) is 0 Å². The van der Waals surface area contributed by atoms with E-state index in [1.54, 1.807) is 22.0 Å². The van der Waals surface area contributed by atoms with E-state index in [9.17, 15) is 18.8 Å². The van der Waals surface area contributed by atoms with E-state index in [1.807, 2.05) is 12.3 Å². The summed E-state index contributed by atoms with van der Waals surface area (Å²) in [6.45, 7) is 2.53. The van der Waals surface area contributed by atoms with Crippen LogP contribution >= 0.6 is 0 Å². The van der Waals surface area contributed by atoms with Crippen molar-refractivity contribution < 1.29 is 13.6 Å². The number of aromatic nitrogens is 5. The molecule has 1 N–H and O–H groups in total. The van der Waals surface area contributed by atoms with Gasteiger partial charge in [0.05, 0.1) is 36.0 Å². The molecule has 1 unspecified atom stereocenters. The Labute approximate surface area is 199 Å². The smallest absolute Gasteiger partial charge is 0.256 e. The molecule has 11 heteroatoms. The number of nitrogens with zero attached hydrogens (tertiary/aromatic N) is 7. The fourth-order valence-electron chi connectivity index (χ4n) is 4.37. The van der Waals surface area contributed by atoms with E-state index in [4.69, 9.17) is 0 Å². The van der Waals surface area contributed by atoms with Crippen molar-refractivity contribution in [3.8, 4) is 17.3 Å². The minimum Gasteiger partial charge on any atom is -0.346 e. The first-order valence-corrected chi connectivity index (χ1v) is 11.2. The highest BCUT2D eigenvalue weighted by atomic mass is 19.1. The Bertz CT molecular complexity index is 1400. The molecule has 9 nitrogen and oxygen atoms in total. The van der Waals surface area contributed by atoms with E-state index in [2.05, 4.69) is 31.0 Å². The summed E-state index contributed by atoms with van der Waals surface area (Å²) in [6.07, 6.45) is 7.18. The molecule has 1 atom stereocenters. The zero-order chi connectivity index (χ0) is 24.4. The number of halogens is 2. The zero-order valence-electron chi connectivity index (χ0n) is 18.7. The molecule has 3 aromatic heterocycles. The lowest BCUT2D eigenvalue weighted by molar-refractivity contribution is 0.0613. The average Bonchev–Trinajstić information content (AvgIpc) is 3.54. The van der Waals surface area contributed by atoms with Crippen LogP contribution in [0.15, 0.2) is 49.2 Å². The summed E-state index contributed by atoms with van der Waals surface area (Å²) in [5.74, 6) is -2.03. The largest absolute Gasteiger partial charge is 0.346 e. The molecule has 0 spiro atoms. The average molecular weight is 476 g/mol. The van der Waals surface area contributed by atoms with E-state index in [0.717, 1.165) is 34.4 Å². The molecule has 1 aromatic carbocycles. The lowest BCUT2D eigenvalue weighted by Gasteiger charge is -2.36. The Kier molecular flexibility index (Phi) is 6.20. The summed E-state index contributed by atoms with van der Waals surface area (Å²) in [4.78, 5) is 28.1. The van der Waals surface area contributed by atoms with Gasteiger partial charge in [0.2, 0.25) is 0 Å². The molecule has 0 radical (unpaired) electrons. The predicted octanol–water partition coefficient (Wildman–Crippen LogP) is 3.01. The van der Waals surface area contributed by atoms with E-state index in [1.165, 1.54) is 12.4 Å². The van der Waals surface area contributed by atoms with Gasteiger partial charge >= 0.3 is 0 Å². The van der Waals surface area contributed by atoms with Crippen LogP contribution in [0.3, 0.4) is 0 Å². The molecule has 1 aliphatic heterocycles. The maximum Gasteiger partial charge on any atom is 0.256 e. The third-order valence-corrected chi connectivity index (χ3v) is 6.22. The molecule has 35 heavy (non-hydrogen) atoms. The number of fused-ring (bicyclic) bond motifs is 1. The van der Waals surface area contributed by atoms with Crippen molar-refractivity contribution >= 4 is 16.9 Å². The van der Waals surface area contributed by atoms with E-state index in [-0.39, 0.29) is 18.0 Å². The molecule has 4 heterocycles. The first kappa shape index (κ1) is 22.6. The standard InChI is InChI=1S/C24H22F2N8O/c25-17-1-2-19(21(26)11-17)24(35)33-9-7-32(8-10-33)14-18(3-5-27)34-13-16(12-31-34)22-20-4-6-28-23(20)30-15-29-22/h1-2,4,6,11-13,15,18H,3,7-10,14H2,(H,28,29,30). The van der Waals surface area contributed by atoms with Crippen molar-refractivity contribution in [1.82, 2.24) is 34.5 Å². The SMILES string of the molecule is N#CCC(CN1CCN(C(=O)c2ccc(F)cc2F)CC1)n1cc(-c2ncnc3[nH]ccc23)cn1. The molecule has 178 valence electrons. The summed E-state index contributed by atoms with van der Waals surface area (Å²) in [7, 11) is 0. The molecule has 0 saturated carbocycles. The van der Waals surface area contributed by atoms with Crippen molar-refractivity contribution in [1.29, 1.82) is 5.26 Å². The molecule has 0 aliphatic carbocycles. The number of H-pyrrole nitrogens is 1. The normalized spacial score (nSPS) is 15.3. The van der Waals surface area contributed by atoms with E-state index in [0.29, 0.717) is 32.7 Å². The minimum absolute atomic E-state index is 0.132. The van der Waals surface area contributed by atoms with Gasteiger partial charge in [0.25, 0.3) is 5.91 Å². The van der Waals surface area contributed by atoms with Crippen LogP contribution in [-0.2, 0) is 0 Å². The number of carbonyl (C=O) groups excluding carboxylic acids is 1. The summed E-state index contributed by atoms with van der Waals surface area (Å²) in [6, 6.07) is 6.94. The van der Waals surface area contributed by atoms with Crippen LogP contribution in [0.1, 0.15) is 22.8 Å². The van der Waals surface area contributed by atoms with Crippen LogP contribution < -0.4 is 0 Å². The number of hydrogen-bond donors (Lipinski definition) is 1. The van der Waals surface area contributed by atoms with Gasteiger partial charge in [0.15, 0.2) is 0 Å². The summed E-state index contributed by atoms with van der Waals surface area (Å²) in [5.41, 5.74) is 2.20. The number of rotatable bonds is 6. The van der Waals surface area contributed by atoms with Gasteiger partial charge in [-0.25, -0.2) is 18.7 Å². The monoisotopic (exact) mass is 476 g/mol. The molecule has 1 saturated heterocycles. The third kappa shape index (κ3) is 4.61. The van der Waals surface area contributed by atoms with E-state index >= 15 is 0 Å². The molecular formula is C24H22F2N8O. The molecule has 1 fully saturated rings. The molecule has 0 bridgehead atoms. The number of hydrogen-bond acceptors (Lipinski definition) is 6. The first-order chi connectivity index (χ1) is 17.0. The summed E-state index contributed by atoms with van der Waals surface area (Å²) >= 11 is 0. The van der Waals surface area contributed by atoms with E-state index < -0.39 is 17.5 Å². The fourth-order valence-corrected chi connectivity index (χ4v) is 4.37. The number of nitrogens with one attached hydrogen (secondary N) is 1. The summed E-state index contributed by atoms with van der Waals surface area (Å²) < 4.78 is 29.0. The first-order valence-electron chi connectivity index (χ1n) is 11.2. The number of nitriles is 1. The number of benzene rings is 1. The maximum absolute atomic E-state index is 14.0. The number of aromatic amines is 1. The van der Waals surface area contributed by atoms with Gasteiger partial charge in [-0.3, -0.25) is 14.4 Å². The van der Waals surface area contributed by atoms with Crippen LogP contribution in [0.5, 0.6) is 0 Å². The highest BCUT2D eigenvalue weighted by Crippen LogP contribution is 2.26. The minimum atomic E-state index is -0.860. The highest BCUT2D eigenvalue weighted by Gasteiger charge is 2.26. The zero-order valence-corrected chi connectivity index (χ0v) is 18.7. The van der Waals surface area contributed by atoms with Gasteiger partial charge in [0, 0.05) is 62.1 Å². The topological polar surface area (TPSA) is 107 Å². The molecule has 4 aromatic rings. The van der Waals surface area contributed by atoms with Crippen molar-refractivity contribution in [2.24, 2.45) is 0 Å². The van der Waals surface area contributed by atoms with Crippen molar-refractivity contribution in [3.05, 3.63) is 66.4 Å². The van der Waals surface area contributed by atoms with Crippen LogP contribution in [0.4, 0.5) is 8.78 Å². The fraction of sp³-hybridized carbons (Fsp3) is 0.292. The van der Waals surface area contributed by atoms with Gasteiger partial charge < -0.3 is 9.88 Å². The van der Waals surface area contributed by atoms with Crippen LogP contribution in [-0.4, -0.2) is 73.2 Å². The number of carbonyl (C=O) groups is 1. The number of piperazine rings is 1. The summed E-state index contributed by atoms with van der Waals surface area (Å²) in [5, 5.41) is 14.8. The van der Waals surface area contributed by atoms with Gasteiger partial charge in [-0.15, -0.1) is 0 Å². The second-order valence-corrected chi connectivity index (χ2v) is 8.40. The van der Waals surface area contributed by atoms with Crippen LogP contribution in [0.25, 0.3) is 22.3 Å². The van der Waals surface area contributed by atoms with Gasteiger partial charge in [-0.1, -0.05) is 0 Å². The highest BCUT2D eigenvalue weighted by molar-refractivity contribution is 5.94. The van der Waals surface area contributed by atoms with Crippen molar-refractivity contribution in [3.63, 3.8) is 0 Å². The quantitative estimate of drug-likeness (QED) is 0.459. The van der Waals surface area contributed by atoms with Gasteiger partial charge in [0.1, 0.15) is 23.6 Å². The Morgan fingerprint density at radius 1 is 1.17 bits per heavy atom. The van der Waals surface area contributed by atoms with Crippen molar-refractivity contribution in [2.75, 3.05) is 32.7 Å². The Morgan fingerprint density at radius 3 is 2.77 bits per heavy atom. The molecule has 1 amide bonds. The van der Waals surface area contributed by atoms with Gasteiger partial charge in [-0.2, -0.15) is 10.4 Å². The van der Waals surface area contributed by atoms with Gasteiger partial charge in [-0.05, 0) is 18.2 Å². The number of amides is 1. The van der Waals surface area contributed by atoms with Crippen molar-refractivity contribution in [2.45, 2.75) is 12.5 Å². The predicted molar refractivity (Wildman–Crippen MR) is 123 cm³/mol. The third-order valence-electron chi connectivity index (χ3n) is 6.22. The Hall–Kier alpha value is -4.17.